The maximum Gasteiger partial charge on any atom is 0.0645 e. The van der Waals surface area contributed by atoms with Crippen molar-refractivity contribution < 1.29 is 5.48 Å². The number of fused-ring (bicyclic) bond motifs is 1. The van der Waals surface area contributed by atoms with Gasteiger partial charge < -0.3 is 4.90 Å². The van der Waals surface area contributed by atoms with Crippen molar-refractivity contribution in [2.24, 2.45) is 0 Å². The Bertz CT molecular complexity index is 2100. The fourth-order valence-electron chi connectivity index (χ4n) is 5.37. The third kappa shape index (κ3) is 4.90. The van der Waals surface area contributed by atoms with Gasteiger partial charge in [0.2, 0.25) is 0 Å². The molecule has 0 N–H and O–H groups in total. The van der Waals surface area contributed by atoms with Gasteiger partial charge in [0, 0.05) is 17.1 Å². The normalized spacial score (nSPS) is 12.3. The number of para-hydroxylation sites is 1. The van der Waals surface area contributed by atoms with Gasteiger partial charge in [-0.15, -0.1) is 0 Å². The lowest BCUT2D eigenvalue weighted by atomic mass is 9.89. The summed E-state index contributed by atoms with van der Waals surface area (Å²) in [5, 5.41) is 2.31. The lowest BCUT2D eigenvalue weighted by Crippen LogP contribution is -2.09. The first kappa shape index (κ1) is 20.5. The van der Waals surface area contributed by atoms with Gasteiger partial charge in [0.25, 0.3) is 0 Å². The summed E-state index contributed by atoms with van der Waals surface area (Å²) in [6.45, 7) is 0. The molecule has 0 amide bonds. The third-order valence-corrected chi connectivity index (χ3v) is 7.34. The molecule has 7 aromatic rings. The molecule has 7 aromatic carbocycles. The maximum absolute atomic E-state index is 9.11. The summed E-state index contributed by atoms with van der Waals surface area (Å²) in [4.78, 5) is 1.82. The van der Waals surface area contributed by atoms with E-state index in [1.54, 1.807) is 0 Å². The first-order valence-electron chi connectivity index (χ1n) is 15.7. The number of rotatable bonds is 6. The van der Waals surface area contributed by atoms with Gasteiger partial charge in [0.15, 0.2) is 0 Å². The van der Waals surface area contributed by atoms with Crippen molar-refractivity contribution in [1.82, 2.24) is 0 Å². The molecule has 194 valence electrons. The molecule has 0 heterocycles. The quantitative estimate of drug-likeness (QED) is 0.208. The number of benzene rings is 7. The van der Waals surface area contributed by atoms with Gasteiger partial charge in [-0.2, -0.15) is 0 Å². The SMILES string of the molecule is [2H]c1c([2H])c(N(c2ccccc2)c2ccc(-c3c(-c4ccccc4)ccc4ccccc34)cc2)c([2H])c([2H])c1-c1ccccc1. The van der Waals surface area contributed by atoms with Crippen LogP contribution < -0.4 is 4.90 Å². The Morgan fingerprint density at radius 2 is 0.927 bits per heavy atom. The van der Waals surface area contributed by atoms with Crippen LogP contribution in [0.3, 0.4) is 0 Å². The van der Waals surface area contributed by atoms with Crippen molar-refractivity contribution in [1.29, 1.82) is 0 Å². The molecule has 1 nitrogen and oxygen atoms in total. The molecule has 0 unspecified atom stereocenters. The van der Waals surface area contributed by atoms with E-state index in [1.807, 2.05) is 83.8 Å². The average molecular weight is 528 g/mol. The Hall–Kier alpha value is -5.40. The van der Waals surface area contributed by atoms with E-state index in [2.05, 4.69) is 72.8 Å². The van der Waals surface area contributed by atoms with E-state index in [1.165, 1.54) is 0 Å². The fourth-order valence-corrected chi connectivity index (χ4v) is 5.37. The molecule has 0 atom stereocenters. The summed E-state index contributed by atoms with van der Waals surface area (Å²) in [6, 6.07) is 49.7. The van der Waals surface area contributed by atoms with Crippen LogP contribution in [0.4, 0.5) is 17.1 Å². The van der Waals surface area contributed by atoms with Gasteiger partial charge in [-0.25, -0.2) is 0 Å². The minimum Gasteiger partial charge on any atom is -0.311 e. The van der Waals surface area contributed by atoms with Crippen LogP contribution in [0.15, 0.2) is 176 Å². The minimum absolute atomic E-state index is 0.0713. The Kier molecular flexibility index (Phi) is 5.50. The first-order chi connectivity index (χ1) is 22.0. The monoisotopic (exact) mass is 527 g/mol. The average Bonchev–Trinajstić information content (AvgIpc) is 3.10. The molecule has 0 fully saturated rings. The predicted molar refractivity (Wildman–Crippen MR) is 175 cm³/mol. The van der Waals surface area contributed by atoms with Gasteiger partial charge in [-0.05, 0) is 80.5 Å². The van der Waals surface area contributed by atoms with Crippen molar-refractivity contribution in [2.75, 3.05) is 4.90 Å². The van der Waals surface area contributed by atoms with Crippen LogP contribution in [0.25, 0.3) is 44.2 Å². The standard InChI is InChI=1S/C40H29N/c1-4-12-30(13-5-1)31-20-25-36(26-21-31)41(35-17-8-3-9-18-35)37-27-22-34(23-28-37)40-38-19-11-10-16-33(38)24-29-39(40)32-14-6-2-7-15-32/h1-29H/i20D,21D,25D,26D. The van der Waals surface area contributed by atoms with Crippen molar-refractivity contribution in [3.63, 3.8) is 0 Å². The number of hydrogen-bond acceptors (Lipinski definition) is 1. The topological polar surface area (TPSA) is 3.24 Å². The van der Waals surface area contributed by atoms with Crippen LogP contribution in [-0.2, 0) is 0 Å². The maximum atomic E-state index is 9.11. The van der Waals surface area contributed by atoms with Gasteiger partial charge in [-0.1, -0.05) is 139 Å². The molecule has 0 radical (unpaired) electrons. The lowest BCUT2D eigenvalue weighted by Gasteiger charge is -2.26. The summed E-state index contributed by atoms with van der Waals surface area (Å²) in [5.41, 5.74) is 7.08. The molecular weight excluding hydrogens is 494 g/mol. The van der Waals surface area contributed by atoms with E-state index >= 15 is 0 Å². The highest BCUT2D eigenvalue weighted by Crippen LogP contribution is 2.41. The highest BCUT2D eigenvalue weighted by molar-refractivity contribution is 6.04. The highest BCUT2D eigenvalue weighted by atomic mass is 15.1. The molecule has 7 rings (SSSR count). The zero-order valence-electron chi connectivity index (χ0n) is 26.4. The van der Waals surface area contributed by atoms with Crippen LogP contribution in [0.5, 0.6) is 0 Å². The molecule has 0 bridgehead atoms. The Morgan fingerprint density at radius 3 is 1.61 bits per heavy atom. The molecular formula is C40H29N. The lowest BCUT2D eigenvalue weighted by molar-refractivity contribution is 1.28. The molecule has 0 aliphatic rings. The molecule has 0 spiro atoms. The molecule has 0 saturated carbocycles. The summed E-state index contributed by atoms with van der Waals surface area (Å²) < 4.78 is 36.1. The second-order valence-corrected chi connectivity index (χ2v) is 9.88. The zero-order valence-corrected chi connectivity index (χ0v) is 22.4. The van der Waals surface area contributed by atoms with Crippen molar-refractivity contribution in [3.05, 3.63) is 176 Å². The van der Waals surface area contributed by atoms with Crippen LogP contribution >= 0.6 is 0 Å². The molecule has 1 heteroatoms. The smallest absolute Gasteiger partial charge is 0.0645 e. The minimum atomic E-state index is -0.0943. The van der Waals surface area contributed by atoms with Crippen molar-refractivity contribution in [3.8, 4) is 33.4 Å². The van der Waals surface area contributed by atoms with Crippen molar-refractivity contribution >= 4 is 27.8 Å². The Balaban J connectivity index is 1.41. The summed E-state index contributed by atoms with van der Waals surface area (Å²) in [7, 11) is 0. The Morgan fingerprint density at radius 1 is 0.366 bits per heavy atom. The zero-order chi connectivity index (χ0) is 30.9. The third-order valence-electron chi connectivity index (χ3n) is 7.34. The largest absolute Gasteiger partial charge is 0.311 e. The molecule has 41 heavy (non-hydrogen) atoms. The Labute approximate surface area is 247 Å². The molecule has 0 saturated heterocycles. The number of hydrogen-bond donors (Lipinski definition) is 0. The van der Waals surface area contributed by atoms with Crippen molar-refractivity contribution in [2.45, 2.75) is 0 Å². The van der Waals surface area contributed by atoms with E-state index < -0.39 is 0 Å². The molecule has 0 aliphatic carbocycles. The van der Waals surface area contributed by atoms with E-state index in [9.17, 15) is 0 Å². The van der Waals surface area contributed by atoms with E-state index in [0.29, 0.717) is 11.1 Å². The van der Waals surface area contributed by atoms with E-state index in [-0.39, 0.29) is 29.9 Å². The van der Waals surface area contributed by atoms with Crippen LogP contribution in [0, 0.1) is 0 Å². The summed E-state index contributed by atoms with van der Waals surface area (Å²) in [6.07, 6.45) is 0. The second kappa shape index (κ2) is 11.0. The van der Waals surface area contributed by atoms with Gasteiger partial charge in [0.05, 0.1) is 5.48 Å². The second-order valence-electron chi connectivity index (χ2n) is 9.88. The van der Waals surface area contributed by atoms with Gasteiger partial charge >= 0.3 is 0 Å². The molecule has 0 aromatic heterocycles. The van der Waals surface area contributed by atoms with Gasteiger partial charge in [-0.3, -0.25) is 0 Å². The van der Waals surface area contributed by atoms with E-state index in [0.717, 1.165) is 44.4 Å². The highest BCUT2D eigenvalue weighted by Gasteiger charge is 2.15. The predicted octanol–water partition coefficient (Wildman–Crippen LogP) is 11.3. The number of anilines is 3. The first-order valence-corrected chi connectivity index (χ1v) is 13.7. The fraction of sp³-hybridized carbons (Fsp3) is 0. The van der Waals surface area contributed by atoms with Crippen LogP contribution in [0.1, 0.15) is 5.48 Å². The van der Waals surface area contributed by atoms with Gasteiger partial charge in [0.1, 0.15) is 0 Å². The van der Waals surface area contributed by atoms with E-state index in [4.69, 9.17) is 5.48 Å². The summed E-state index contributed by atoms with van der Waals surface area (Å²) in [5.74, 6) is 0. The number of nitrogens with zero attached hydrogens (tertiary/aromatic N) is 1. The molecule has 0 aliphatic heterocycles. The van der Waals surface area contributed by atoms with Crippen LogP contribution in [-0.4, -0.2) is 0 Å². The summed E-state index contributed by atoms with van der Waals surface area (Å²) >= 11 is 0. The van der Waals surface area contributed by atoms with Crippen LogP contribution in [0.2, 0.25) is 0 Å².